The van der Waals surface area contributed by atoms with Crippen molar-refractivity contribution in [3.8, 4) is 17.3 Å². The number of carbonyl (C=O) groups excluding carboxylic acids is 1. The Balaban J connectivity index is 1.01. The van der Waals surface area contributed by atoms with Gasteiger partial charge in [0.25, 0.3) is 5.91 Å². The van der Waals surface area contributed by atoms with E-state index < -0.39 is 5.54 Å². The molecule has 2 N–H and O–H groups in total. The van der Waals surface area contributed by atoms with Gasteiger partial charge in [-0.1, -0.05) is 30.3 Å². The van der Waals surface area contributed by atoms with E-state index in [0.29, 0.717) is 61.1 Å². The normalized spacial score (nSPS) is 17.1. The van der Waals surface area contributed by atoms with Gasteiger partial charge in [0.05, 0.1) is 31.1 Å². The molecular weight excluding hydrogens is 624 g/mol. The monoisotopic (exact) mass is 662 g/mol. The summed E-state index contributed by atoms with van der Waals surface area (Å²) in [6.07, 6.45) is 3.23. The summed E-state index contributed by atoms with van der Waals surface area (Å²) in [5.41, 5.74) is 8.00. The quantitative estimate of drug-likeness (QED) is 0.244. The molecule has 2 aliphatic heterocycles. The number of nitrogens with zero attached hydrogens (tertiary/aromatic N) is 9. The highest BCUT2D eigenvalue weighted by Gasteiger charge is 2.43. The number of carbonyl (C=O) groups is 1. The van der Waals surface area contributed by atoms with Crippen LogP contribution in [0.4, 0.5) is 11.6 Å². The summed E-state index contributed by atoms with van der Waals surface area (Å²) >= 11 is 0. The number of piperazine rings is 1. The molecule has 1 amide bonds. The summed E-state index contributed by atoms with van der Waals surface area (Å²) in [4.78, 5) is 30.6. The average molecular weight is 663 g/mol. The predicted molar refractivity (Wildman–Crippen MR) is 183 cm³/mol. The van der Waals surface area contributed by atoms with Gasteiger partial charge in [0.2, 0.25) is 11.8 Å². The number of aromatic nitrogens is 6. The molecule has 0 radical (unpaired) electrons. The first-order chi connectivity index (χ1) is 24.0. The molecule has 6 heterocycles. The van der Waals surface area contributed by atoms with Crippen LogP contribution in [-0.2, 0) is 15.1 Å². The van der Waals surface area contributed by atoms with Crippen molar-refractivity contribution in [2.45, 2.75) is 12.5 Å². The smallest absolute Gasteiger partial charge is 0.255 e. The van der Waals surface area contributed by atoms with Gasteiger partial charge < -0.3 is 29.4 Å². The molecule has 14 nitrogen and oxygen atoms in total. The van der Waals surface area contributed by atoms with Crippen LogP contribution in [0.3, 0.4) is 0 Å². The first-order valence-corrected chi connectivity index (χ1v) is 16.6. The van der Waals surface area contributed by atoms with Crippen molar-refractivity contribution in [2.75, 3.05) is 76.3 Å². The fourth-order valence-electron chi connectivity index (χ4n) is 6.69. The largest absolute Gasteiger partial charge is 0.492 e. The number of nitrogen functional groups attached to an aromatic ring is 1. The SMILES string of the molecule is C[C@](C(=O)N1CCN(c2ccc(OCCN3CCOCC3)cc2)CC1)(c1ccccc1)n1ncc2c1nc(N)n1nc(-c3ccco3)nc21. The Hall–Kier alpha value is -5.47. The number of hydrogen-bond acceptors (Lipinski definition) is 11. The molecule has 0 unspecified atom stereocenters. The molecule has 49 heavy (non-hydrogen) atoms. The lowest BCUT2D eigenvalue weighted by atomic mass is 9.90. The van der Waals surface area contributed by atoms with Gasteiger partial charge >= 0.3 is 0 Å². The topological polar surface area (TPSA) is 145 Å². The maximum absolute atomic E-state index is 14.7. The number of fused-ring (bicyclic) bond motifs is 3. The molecular formula is C35H38N10O4. The average Bonchev–Trinajstić information content (AvgIpc) is 3.93. The zero-order chi connectivity index (χ0) is 33.4. The molecule has 4 aromatic heterocycles. The lowest BCUT2D eigenvalue weighted by Crippen LogP contribution is -2.56. The Labute approximate surface area is 282 Å². The summed E-state index contributed by atoms with van der Waals surface area (Å²) in [7, 11) is 0. The van der Waals surface area contributed by atoms with Gasteiger partial charge in [-0.05, 0) is 48.9 Å². The zero-order valence-electron chi connectivity index (χ0n) is 27.3. The van der Waals surface area contributed by atoms with Gasteiger partial charge in [-0.25, -0.2) is 9.67 Å². The van der Waals surface area contributed by atoms with Crippen molar-refractivity contribution < 1.29 is 18.7 Å². The minimum atomic E-state index is -1.22. The van der Waals surface area contributed by atoms with Crippen molar-refractivity contribution in [3.05, 3.63) is 84.8 Å². The molecule has 6 aromatic rings. The van der Waals surface area contributed by atoms with E-state index in [2.05, 4.69) is 27.0 Å². The van der Waals surface area contributed by atoms with Crippen LogP contribution in [0.1, 0.15) is 12.5 Å². The van der Waals surface area contributed by atoms with E-state index in [1.165, 1.54) is 4.52 Å². The Morgan fingerprint density at radius 1 is 0.918 bits per heavy atom. The third kappa shape index (κ3) is 5.72. The van der Waals surface area contributed by atoms with E-state index in [9.17, 15) is 4.79 Å². The van der Waals surface area contributed by atoms with E-state index in [4.69, 9.17) is 34.7 Å². The highest BCUT2D eigenvalue weighted by Crippen LogP contribution is 2.34. The van der Waals surface area contributed by atoms with Crippen LogP contribution in [0.2, 0.25) is 0 Å². The van der Waals surface area contributed by atoms with Gasteiger partial charge in [0.1, 0.15) is 12.4 Å². The summed E-state index contributed by atoms with van der Waals surface area (Å²) < 4.78 is 20.1. The van der Waals surface area contributed by atoms with Crippen molar-refractivity contribution in [1.82, 2.24) is 39.2 Å². The molecule has 2 fully saturated rings. The number of rotatable bonds is 9. The number of amides is 1. The van der Waals surface area contributed by atoms with Crippen LogP contribution >= 0.6 is 0 Å². The van der Waals surface area contributed by atoms with Crippen molar-refractivity contribution in [1.29, 1.82) is 0 Å². The molecule has 2 aliphatic rings. The van der Waals surface area contributed by atoms with E-state index in [-0.39, 0.29) is 11.9 Å². The van der Waals surface area contributed by atoms with Crippen LogP contribution in [0.5, 0.6) is 5.75 Å². The first kappa shape index (κ1) is 30.8. The molecule has 2 aromatic carbocycles. The third-order valence-electron chi connectivity index (χ3n) is 9.50. The summed E-state index contributed by atoms with van der Waals surface area (Å²) in [6.45, 7) is 9.37. The van der Waals surface area contributed by atoms with E-state index >= 15 is 0 Å². The predicted octanol–water partition coefficient (Wildman–Crippen LogP) is 3.14. The highest BCUT2D eigenvalue weighted by molar-refractivity contribution is 5.94. The molecule has 252 valence electrons. The maximum atomic E-state index is 14.7. The second-order valence-electron chi connectivity index (χ2n) is 12.4. The molecule has 2 saturated heterocycles. The number of hydrogen-bond donors (Lipinski definition) is 1. The molecule has 0 bridgehead atoms. The van der Waals surface area contributed by atoms with Crippen LogP contribution in [0.15, 0.2) is 83.6 Å². The minimum absolute atomic E-state index is 0.0784. The van der Waals surface area contributed by atoms with Gasteiger partial charge in [-0.15, -0.1) is 5.10 Å². The maximum Gasteiger partial charge on any atom is 0.255 e. The van der Waals surface area contributed by atoms with Crippen molar-refractivity contribution >= 4 is 34.2 Å². The van der Waals surface area contributed by atoms with Crippen LogP contribution in [0.25, 0.3) is 28.3 Å². The fourth-order valence-corrected chi connectivity index (χ4v) is 6.69. The lowest BCUT2D eigenvalue weighted by Gasteiger charge is -2.40. The molecule has 0 aliphatic carbocycles. The zero-order valence-corrected chi connectivity index (χ0v) is 27.3. The molecule has 8 rings (SSSR count). The highest BCUT2D eigenvalue weighted by atomic mass is 16.5. The van der Waals surface area contributed by atoms with E-state index in [1.807, 2.05) is 54.3 Å². The third-order valence-corrected chi connectivity index (χ3v) is 9.50. The van der Waals surface area contributed by atoms with E-state index in [0.717, 1.165) is 49.8 Å². The van der Waals surface area contributed by atoms with Gasteiger partial charge in [-0.3, -0.25) is 9.69 Å². The fraction of sp³-hybridized carbons (Fsp3) is 0.343. The number of anilines is 2. The molecule has 1 atom stereocenters. The minimum Gasteiger partial charge on any atom is -0.492 e. The number of nitrogens with two attached hydrogens (primary N) is 1. The van der Waals surface area contributed by atoms with Gasteiger partial charge in [0.15, 0.2) is 22.6 Å². The summed E-state index contributed by atoms with van der Waals surface area (Å²) in [5.74, 6) is 1.79. The lowest BCUT2D eigenvalue weighted by molar-refractivity contribution is -0.138. The molecule has 0 spiro atoms. The number of ether oxygens (including phenoxy) is 2. The Kier molecular flexibility index (Phi) is 8.09. The molecule has 0 saturated carbocycles. The second-order valence-corrected chi connectivity index (χ2v) is 12.4. The van der Waals surface area contributed by atoms with Crippen LogP contribution < -0.4 is 15.4 Å². The van der Waals surface area contributed by atoms with Crippen molar-refractivity contribution in [2.24, 2.45) is 0 Å². The Bertz CT molecular complexity index is 2050. The molecule has 14 heteroatoms. The standard InChI is InChI=1S/C35H38N10O4/c1-35(25-6-3-2-4-7-25,45-32-28(24-37-45)31-38-30(29-8-5-20-49-29)40-44(31)34(36)39-32)33(46)43-15-13-42(14-16-43)26-9-11-27(12-10-26)48-23-19-41-17-21-47-22-18-41/h2-12,20,24H,13-19,21-23H2,1H3,(H2,36,39)/t35-/m1/s1. The number of furan rings is 1. The van der Waals surface area contributed by atoms with Gasteiger partial charge in [-0.2, -0.15) is 14.6 Å². The summed E-state index contributed by atoms with van der Waals surface area (Å²) in [6, 6.07) is 21.4. The first-order valence-electron chi connectivity index (χ1n) is 16.6. The van der Waals surface area contributed by atoms with Gasteiger partial charge in [0, 0.05) is 51.5 Å². The Morgan fingerprint density at radius 3 is 2.43 bits per heavy atom. The number of benzene rings is 2. The van der Waals surface area contributed by atoms with Crippen LogP contribution in [0, 0.1) is 0 Å². The van der Waals surface area contributed by atoms with Crippen LogP contribution in [-0.4, -0.2) is 111 Å². The Morgan fingerprint density at radius 2 is 1.69 bits per heavy atom. The summed E-state index contributed by atoms with van der Waals surface area (Å²) in [5, 5.41) is 9.88. The number of morpholine rings is 1. The van der Waals surface area contributed by atoms with Crippen molar-refractivity contribution in [3.63, 3.8) is 0 Å². The van der Waals surface area contributed by atoms with E-state index in [1.54, 1.807) is 29.3 Å². The second kappa shape index (κ2) is 12.9.